The monoisotopic (exact) mass is 308 g/mol. The van der Waals surface area contributed by atoms with Gasteiger partial charge >= 0.3 is 0 Å². The number of carbonyl (C=O) groups excluding carboxylic acids is 1. The number of benzene rings is 1. The first kappa shape index (κ1) is 17.0. The molecule has 0 heterocycles. The maximum Gasteiger partial charge on any atom is 0.137 e. The predicted molar refractivity (Wildman–Crippen MR) is 95.6 cm³/mol. The minimum atomic E-state index is 0.278. The molecule has 1 aromatic rings. The van der Waals surface area contributed by atoms with Gasteiger partial charge < -0.3 is 4.74 Å². The Hall–Kier alpha value is -2.35. The van der Waals surface area contributed by atoms with Crippen LogP contribution < -0.4 is 4.74 Å². The molecule has 0 amide bonds. The van der Waals surface area contributed by atoms with E-state index < -0.39 is 0 Å². The van der Waals surface area contributed by atoms with Gasteiger partial charge in [0.1, 0.15) is 18.1 Å². The summed E-state index contributed by atoms with van der Waals surface area (Å²) in [5.74, 6) is 1.48. The molecule has 0 saturated carbocycles. The Labute approximate surface area is 138 Å². The van der Waals surface area contributed by atoms with Crippen molar-refractivity contribution in [1.82, 2.24) is 0 Å². The summed E-state index contributed by atoms with van der Waals surface area (Å²) in [6, 6.07) is 7.81. The second kappa shape index (κ2) is 8.94. The van der Waals surface area contributed by atoms with E-state index in [1.54, 1.807) is 0 Å². The van der Waals surface area contributed by atoms with E-state index >= 15 is 0 Å². The molecule has 0 spiro atoms. The third kappa shape index (κ3) is 6.52. The third-order valence-electron chi connectivity index (χ3n) is 3.41. The van der Waals surface area contributed by atoms with Crippen LogP contribution in [0.3, 0.4) is 0 Å². The zero-order chi connectivity index (χ0) is 16.5. The molecule has 2 nitrogen and oxygen atoms in total. The van der Waals surface area contributed by atoms with Gasteiger partial charge in [0.25, 0.3) is 0 Å². The Bertz CT molecular complexity index is 646. The Morgan fingerprint density at radius 1 is 1.09 bits per heavy atom. The summed E-state index contributed by atoms with van der Waals surface area (Å²) in [4.78, 5) is 11.9. The zero-order valence-electron chi connectivity index (χ0n) is 13.9. The highest BCUT2D eigenvalue weighted by Crippen LogP contribution is 2.16. The van der Waals surface area contributed by atoms with E-state index in [-0.39, 0.29) is 5.78 Å². The number of ketones is 1. The Kier molecular flexibility index (Phi) is 6.61. The van der Waals surface area contributed by atoms with E-state index in [0.717, 1.165) is 16.9 Å². The third-order valence-corrected chi connectivity index (χ3v) is 3.41. The number of allylic oxidation sites excluding steroid dienone is 6. The first-order chi connectivity index (χ1) is 11.1. The summed E-state index contributed by atoms with van der Waals surface area (Å²) >= 11 is 0. The molecule has 23 heavy (non-hydrogen) atoms. The number of carbonyl (C=O) groups is 1. The van der Waals surface area contributed by atoms with Crippen LogP contribution in [0, 0.1) is 5.92 Å². The topological polar surface area (TPSA) is 26.3 Å². The van der Waals surface area contributed by atoms with Crippen LogP contribution in [0.25, 0.3) is 0 Å². The van der Waals surface area contributed by atoms with E-state index in [0.29, 0.717) is 25.4 Å². The molecule has 0 radical (unpaired) electrons. The van der Waals surface area contributed by atoms with E-state index in [9.17, 15) is 4.79 Å². The predicted octanol–water partition coefficient (Wildman–Crippen LogP) is 4.83. The molecule has 0 bridgehead atoms. The van der Waals surface area contributed by atoms with Gasteiger partial charge in [-0.2, -0.15) is 0 Å². The molecule has 0 atom stereocenters. The maximum atomic E-state index is 11.9. The van der Waals surface area contributed by atoms with Crippen molar-refractivity contribution in [3.8, 4) is 5.75 Å². The van der Waals surface area contributed by atoms with E-state index in [1.165, 1.54) is 0 Å². The second-order valence-corrected chi connectivity index (χ2v) is 6.12. The lowest BCUT2D eigenvalue weighted by Gasteiger charge is -2.09. The van der Waals surface area contributed by atoms with Crippen molar-refractivity contribution >= 4 is 5.78 Å². The molecule has 1 aromatic carbocycles. The van der Waals surface area contributed by atoms with Crippen molar-refractivity contribution in [3.05, 3.63) is 77.9 Å². The number of hydrogen-bond donors (Lipinski definition) is 0. The normalized spacial score (nSPS) is 20.0. The minimum absolute atomic E-state index is 0.278. The Morgan fingerprint density at radius 2 is 1.87 bits per heavy atom. The van der Waals surface area contributed by atoms with Gasteiger partial charge in [-0.05, 0) is 29.2 Å². The molecule has 0 aromatic heterocycles. The van der Waals surface area contributed by atoms with Crippen molar-refractivity contribution in [2.75, 3.05) is 6.61 Å². The molecule has 0 saturated heterocycles. The molecule has 0 aliphatic heterocycles. The van der Waals surface area contributed by atoms with Gasteiger partial charge in [-0.3, -0.25) is 4.79 Å². The molecule has 1 aliphatic rings. The van der Waals surface area contributed by atoms with Gasteiger partial charge in [-0.25, -0.2) is 0 Å². The summed E-state index contributed by atoms with van der Waals surface area (Å²) in [6.45, 7) is 4.65. The van der Waals surface area contributed by atoms with Crippen LogP contribution in [0.15, 0.2) is 72.4 Å². The maximum absolute atomic E-state index is 11.9. The highest BCUT2D eigenvalue weighted by atomic mass is 16.5. The van der Waals surface area contributed by atoms with E-state index in [4.69, 9.17) is 4.74 Å². The SMILES string of the molecule is CC(C)CC(=O)Cc1cccc(OCC2=C/C=C\C=C\C=C\2)c1. The van der Waals surface area contributed by atoms with Gasteiger partial charge in [-0.15, -0.1) is 0 Å². The van der Waals surface area contributed by atoms with Gasteiger partial charge in [0.15, 0.2) is 0 Å². The van der Waals surface area contributed by atoms with Crippen LogP contribution in [0.5, 0.6) is 5.75 Å². The molecule has 2 rings (SSSR count). The standard InChI is InChI=1S/C21H24O2/c1-17(2)13-20(22)14-19-11-8-12-21(15-19)23-16-18-9-6-4-3-5-7-10-18/h3-12,15,17H,13-14,16H2,1-2H3/b4-3+,5-3?,6-4?,7-5-,9-6+,10-7?,18-9?,18-10+. The van der Waals surface area contributed by atoms with Crippen LogP contribution in [-0.4, -0.2) is 12.4 Å². The Balaban J connectivity index is 1.93. The fraction of sp³-hybridized carbons (Fsp3) is 0.286. The van der Waals surface area contributed by atoms with Gasteiger partial charge in [0.2, 0.25) is 0 Å². The molecular formula is C21H24O2. The first-order valence-electron chi connectivity index (χ1n) is 8.07. The lowest BCUT2D eigenvalue weighted by atomic mass is 10.0. The summed E-state index contributed by atoms with van der Waals surface area (Å²) < 4.78 is 5.86. The number of Topliss-reactive ketones (excluding diaryl/α,β-unsaturated/α-hetero) is 1. The van der Waals surface area contributed by atoms with Crippen LogP contribution in [0.1, 0.15) is 25.8 Å². The lowest BCUT2D eigenvalue weighted by Crippen LogP contribution is -2.06. The zero-order valence-corrected chi connectivity index (χ0v) is 13.9. The van der Waals surface area contributed by atoms with Gasteiger partial charge in [0, 0.05) is 12.8 Å². The number of ether oxygens (including phenoxy) is 1. The fourth-order valence-corrected chi connectivity index (χ4v) is 2.37. The summed E-state index contributed by atoms with van der Waals surface area (Å²) in [5, 5.41) is 0. The molecule has 0 unspecified atom stereocenters. The molecule has 120 valence electrons. The largest absolute Gasteiger partial charge is 0.489 e. The van der Waals surface area contributed by atoms with Crippen molar-refractivity contribution in [2.24, 2.45) is 5.92 Å². The van der Waals surface area contributed by atoms with E-state index in [1.807, 2.05) is 66.8 Å². The first-order valence-corrected chi connectivity index (χ1v) is 8.07. The Morgan fingerprint density at radius 3 is 2.70 bits per heavy atom. The highest BCUT2D eigenvalue weighted by Gasteiger charge is 2.07. The number of hydrogen-bond acceptors (Lipinski definition) is 2. The van der Waals surface area contributed by atoms with Crippen LogP contribution >= 0.6 is 0 Å². The van der Waals surface area contributed by atoms with Crippen molar-refractivity contribution in [1.29, 1.82) is 0 Å². The highest BCUT2D eigenvalue weighted by molar-refractivity contribution is 5.81. The summed E-state index contributed by atoms with van der Waals surface area (Å²) in [7, 11) is 0. The number of rotatable bonds is 7. The average molecular weight is 308 g/mol. The smallest absolute Gasteiger partial charge is 0.137 e. The van der Waals surface area contributed by atoms with Crippen molar-refractivity contribution in [3.63, 3.8) is 0 Å². The molecule has 1 aliphatic carbocycles. The van der Waals surface area contributed by atoms with Crippen LogP contribution in [-0.2, 0) is 11.2 Å². The second-order valence-electron chi connectivity index (χ2n) is 6.12. The van der Waals surface area contributed by atoms with Crippen LogP contribution in [0.2, 0.25) is 0 Å². The molecule has 0 N–H and O–H groups in total. The molecule has 2 heteroatoms. The van der Waals surface area contributed by atoms with Gasteiger partial charge in [-0.1, -0.05) is 68.5 Å². The molecular weight excluding hydrogens is 284 g/mol. The fourth-order valence-electron chi connectivity index (χ4n) is 2.37. The van der Waals surface area contributed by atoms with Crippen molar-refractivity contribution in [2.45, 2.75) is 26.7 Å². The van der Waals surface area contributed by atoms with Crippen molar-refractivity contribution < 1.29 is 9.53 Å². The molecule has 0 fully saturated rings. The minimum Gasteiger partial charge on any atom is -0.489 e. The lowest BCUT2D eigenvalue weighted by molar-refractivity contribution is -0.119. The average Bonchev–Trinajstić information content (AvgIpc) is 2.45. The summed E-state index contributed by atoms with van der Waals surface area (Å²) in [6.07, 6.45) is 15.1. The van der Waals surface area contributed by atoms with E-state index in [2.05, 4.69) is 13.8 Å². The van der Waals surface area contributed by atoms with Crippen LogP contribution in [0.4, 0.5) is 0 Å². The summed E-state index contributed by atoms with van der Waals surface area (Å²) in [5.41, 5.74) is 2.12. The van der Waals surface area contributed by atoms with Gasteiger partial charge in [0.05, 0.1) is 0 Å². The quantitative estimate of drug-likeness (QED) is 0.721.